The van der Waals surface area contributed by atoms with Gasteiger partial charge in [-0.2, -0.15) is 5.26 Å². The minimum atomic E-state index is -0.346. The zero-order valence-corrected chi connectivity index (χ0v) is 15.6. The number of benzene rings is 3. The van der Waals surface area contributed by atoms with Crippen LogP contribution in [0.1, 0.15) is 21.7 Å². The summed E-state index contributed by atoms with van der Waals surface area (Å²) in [6.07, 6.45) is 0.332. The van der Waals surface area contributed by atoms with E-state index in [2.05, 4.69) is 11.4 Å². The summed E-state index contributed by atoms with van der Waals surface area (Å²) in [6.45, 7) is 0.213. The van der Waals surface area contributed by atoms with Gasteiger partial charge in [0.25, 0.3) is 5.91 Å². The van der Waals surface area contributed by atoms with E-state index in [1.54, 1.807) is 12.1 Å². The van der Waals surface area contributed by atoms with Crippen molar-refractivity contribution in [2.75, 3.05) is 5.32 Å². The molecule has 0 spiro atoms. The van der Waals surface area contributed by atoms with Crippen LogP contribution in [0.4, 0.5) is 5.69 Å². The Bertz CT molecular complexity index is 1170. The number of rotatable bonds is 6. The van der Waals surface area contributed by atoms with Crippen molar-refractivity contribution in [2.24, 2.45) is 0 Å². The molecule has 1 N–H and O–H groups in total. The second-order valence-electron chi connectivity index (χ2n) is 6.49. The van der Waals surface area contributed by atoms with Gasteiger partial charge in [-0.15, -0.1) is 0 Å². The number of hydrogen-bond acceptors (Lipinski definition) is 4. The lowest BCUT2D eigenvalue weighted by molar-refractivity contribution is 0.0995. The predicted octanol–water partition coefficient (Wildman–Crippen LogP) is 5.33. The largest absolute Gasteiger partial charge is 0.489 e. The van der Waals surface area contributed by atoms with Gasteiger partial charge in [0.2, 0.25) is 0 Å². The van der Waals surface area contributed by atoms with E-state index < -0.39 is 0 Å². The van der Waals surface area contributed by atoms with E-state index in [0.717, 1.165) is 16.7 Å². The highest BCUT2D eigenvalue weighted by molar-refractivity contribution is 6.06. The van der Waals surface area contributed by atoms with Gasteiger partial charge in [0.15, 0.2) is 5.76 Å². The SMILES string of the molecule is N#CCc1ccc(NC(=O)c2oc3ccccc3c2COc2ccccc2)cc1. The molecular weight excluding hydrogens is 364 g/mol. The summed E-state index contributed by atoms with van der Waals surface area (Å²) in [7, 11) is 0. The molecule has 5 nitrogen and oxygen atoms in total. The number of nitriles is 1. The molecule has 29 heavy (non-hydrogen) atoms. The number of anilines is 1. The monoisotopic (exact) mass is 382 g/mol. The third-order valence-corrected chi connectivity index (χ3v) is 4.53. The molecule has 0 radical (unpaired) electrons. The highest BCUT2D eigenvalue weighted by Crippen LogP contribution is 2.28. The van der Waals surface area contributed by atoms with Crippen LogP contribution in [0, 0.1) is 11.3 Å². The Balaban J connectivity index is 1.60. The summed E-state index contributed by atoms with van der Waals surface area (Å²) in [6, 6.07) is 26.2. The van der Waals surface area contributed by atoms with Gasteiger partial charge in [-0.05, 0) is 35.9 Å². The molecule has 0 aliphatic carbocycles. The molecule has 0 bridgehead atoms. The summed E-state index contributed by atoms with van der Waals surface area (Å²) in [5, 5.41) is 12.5. The fourth-order valence-corrected chi connectivity index (χ4v) is 3.08. The molecule has 0 saturated heterocycles. The zero-order valence-electron chi connectivity index (χ0n) is 15.6. The quantitative estimate of drug-likeness (QED) is 0.489. The fraction of sp³-hybridized carbons (Fsp3) is 0.0833. The molecule has 0 unspecified atom stereocenters. The molecule has 142 valence electrons. The van der Waals surface area contributed by atoms with E-state index in [4.69, 9.17) is 14.4 Å². The minimum Gasteiger partial charge on any atom is -0.489 e. The molecule has 0 aliphatic rings. The van der Waals surface area contributed by atoms with Crippen LogP contribution in [0.2, 0.25) is 0 Å². The molecule has 0 saturated carbocycles. The first-order valence-electron chi connectivity index (χ1n) is 9.20. The van der Waals surface area contributed by atoms with Gasteiger partial charge < -0.3 is 14.5 Å². The number of hydrogen-bond donors (Lipinski definition) is 1. The van der Waals surface area contributed by atoms with Crippen LogP contribution in [-0.4, -0.2) is 5.91 Å². The van der Waals surface area contributed by atoms with Crippen molar-refractivity contribution >= 4 is 22.6 Å². The number of amides is 1. The fourth-order valence-electron chi connectivity index (χ4n) is 3.08. The number of fused-ring (bicyclic) bond motifs is 1. The Kier molecular flexibility index (Phi) is 5.26. The van der Waals surface area contributed by atoms with Gasteiger partial charge in [0.05, 0.1) is 12.5 Å². The molecule has 0 atom stereocenters. The third kappa shape index (κ3) is 4.12. The Morgan fingerprint density at radius 2 is 1.69 bits per heavy atom. The molecule has 1 aromatic heterocycles. The smallest absolute Gasteiger partial charge is 0.291 e. The maximum atomic E-state index is 12.9. The summed E-state index contributed by atoms with van der Waals surface area (Å²) in [5.74, 6) is 0.598. The van der Waals surface area contributed by atoms with Crippen molar-refractivity contribution in [3.8, 4) is 11.8 Å². The van der Waals surface area contributed by atoms with Crippen molar-refractivity contribution in [3.05, 3.63) is 95.7 Å². The second kappa shape index (κ2) is 8.32. The van der Waals surface area contributed by atoms with Gasteiger partial charge in [-0.25, -0.2) is 0 Å². The molecule has 3 aromatic carbocycles. The van der Waals surface area contributed by atoms with Gasteiger partial charge in [0.1, 0.15) is 17.9 Å². The maximum Gasteiger partial charge on any atom is 0.291 e. The molecular formula is C24H18N2O3. The normalized spacial score (nSPS) is 10.4. The van der Waals surface area contributed by atoms with E-state index in [9.17, 15) is 4.79 Å². The van der Waals surface area contributed by atoms with Crippen LogP contribution in [-0.2, 0) is 13.0 Å². The van der Waals surface area contributed by atoms with Crippen molar-refractivity contribution in [1.29, 1.82) is 5.26 Å². The second-order valence-corrected chi connectivity index (χ2v) is 6.49. The highest BCUT2D eigenvalue weighted by atomic mass is 16.5. The number of para-hydroxylation sites is 2. The molecule has 5 heteroatoms. The van der Waals surface area contributed by atoms with Gasteiger partial charge in [-0.3, -0.25) is 4.79 Å². The zero-order chi connectivity index (χ0) is 20.1. The average molecular weight is 382 g/mol. The summed E-state index contributed by atoms with van der Waals surface area (Å²) < 4.78 is 11.7. The minimum absolute atomic E-state index is 0.213. The van der Waals surface area contributed by atoms with E-state index in [1.165, 1.54) is 0 Å². The number of nitrogens with zero attached hydrogens (tertiary/aromatic N) is 1. The Labute approximate surface area is 168 Å². The van der Waals surface area contributed by atoms with Gasteiger partial charge in [0, 0.05) is 16.6 Å². The van der Waals surface area contributed by atoms with Crippen LogP contribution < -0.4 is 10.1 Å². The van der Waals surface area contributed by atoms with E-state index in [0.29, 0.717) is 23.3 Å². The lowest BCUT2D eigenvalue weighted by Gasteiger charge is -2.08. The van der Waals surface area contributed by atoms with Gasteiger partial charge in [-0.1, -0.05) is 48.5 Å². The topological polar surface area (TPSA) is 75.3 Å². The number of carbonyl (C=O) groups excluding carboxylic acids is 1. The molecule has 1 amide bonds. The van der Waals surface area contributed by atoms with Crippen LogP contribution in [0.15, 0.2) is 83.3 Å². The number of nitrogens with one attached hydrogen (secondary N) is 1. The van der Waals surface area contributed by atoms with Crippen LogP contribution in [0.3, 0.4) is 0 Å². The standard InChI is InChI=1S/C24H18N2O3/c25-15-14-17-10-12-18(13-11-17)26-24(27)23-21(16-28-19-6-2-1-3-7-19)20-8-4-5-9-22(20)29-23/h1-13H,14,16H2,(H,26,27). The summed E-state index contributed by atoms with van der Waals surface area (Å²) >= 11 is 0. The van der Waals surface area contributed by atoms with E-state index in [-0.39, 0.29) is 18.3 Å². The lowest BCUT2D eigenvalue weighted by Crippen LogP contribution is -2.13. The first-order valence-corrected chi connectivity index (χ1v) is 9.20. The van der Waals surface area contributed by atoms with Crippen molar-refractivity contribution in [3.63, 3.8) is 0 Å². The first kappa shape index (κ1) is 18.3. The molecule has 1 heterocycles. The van der Waals surface area contributed by atoms with Crippen molar-refractivity contribution in [1.82, 2.24) is 0 Å². The van der Waals surface area contributed by atoms with E-state index >= 15 is 0 Å². The average Bonchev–Trinajstić information content (AvgIpc) is 3.13. The lowest BCUT2D eigenvalue weighted by atomic mass is 10.1. The molecule has 4 rings (SSSR count). The summed E-state index contributed by atoms with van der Waals surface area (Å²) in [5.41, 5.74) is 2.86. The van der Waals surface area contributed by atoms with Crippen molar-refractivity contribution < 1.29 is 13.9 Å². The molecule has 0 aliphatic heterocycles. The van der Waals surface area contributed by atoms with Crippen molar-refractivity contribution in [2.45, 2.75) is 13.0 Å². The Hall–Kier alpha value is -4.04. The Morgan fingerprint density at radius 1 is 0.966 bits per heavy atom. The first-order chi connectivity index (χ1) is 14.2. The maximum absolute atomic E-state index is 12.9. The third-order valence-electron chi connectivity index (χ3n) is 4.53. The van der Waals surface area contributed by atoms with Crippen LogP contribution >= 0.6 is 0 Å². The van der Waals surface area contributed by atoms with E-state index in [1.807, 2.05) is 66.7 Å². The molecule has 4 aromatic rings. The highest BCUT2D eigenvalue weighted by Gasteiger charge is 2.21. The summed E-state index contributed by atoms with van der Waals surface area (Å²) in [4.78, 5) is 12.9. The Morgan fingerprint density at radius 3 is 2.45 bits per heavy atom. The van der Waals surface area contributed by atoms with Crippen LogP contribution in [0.5, 0.6) is 5.75 Å². The molecule has 0 fully saturated rings. The number of ether oxygens (including phenoxy) is 1. The van der Waals surface area contributed by atoms with Gasteiger partial charge >= 0.3 is 0 Å². The predicted molar refractivity (Wildman–Crippen MR) is 111 cm³/mol. The van der Waals surface area contributed by atoms with Crippen LogP contribution in [0.25, 0.3) is 11.0 Å². The number of carbonyl (C=O) groups is 1. The number of furan rings is 1.